The minimum Gasteiger partial charge on any atom is -0.465 e. The lowest BCUT2D eigenvalue weighted by Crippen LogP contribution is -2.09. The molecule has 0 spiro atoms. The van der Waals surface area contributed by atoms with E-state index in [1.165, 1.54) is 0 Å². The Morgan fingerprint density at radius 3 is 2.63 bits per heavy atom. The maximum Gasteiger partial charge on any atom is 0.194 e. The van der Waals surface area contributed by atoms with Crippen molar-refractivity contribution in [3.63, 3.8) is 0 Å². The van der Waals surface area contributed by atoms with Gasteiger partial charge in [0.05, 0.1) is 0 Å². The van der Waals surface area contributed by atoms with E-state index in [-0.39, 0.29) is 0 Å². The molecule has 0 fully saturated rings. The summed E-state index contributed by atoms with van der Waals surface area (Å²) in [7, 11) is 0. The zero-order valence-corrected chi connectivity index (χ0v) is 10.8. The van der Waals surface area contributed by atoms with E-state index >= 15 is 0 Å². The summed E-state index contributed by atoms with van der Waals surface area (Å²) >= 11 is 0. The average molecular weight is 258 g/mol. The molecular weight excluding hydrogens is 240 g/mol. The van der Waals surface area contributed by atoms with Crippen molar-refractivity contribution in [2.75, 3.05) is 11.1 Å². The first kappa shape index (κ1) is 13.2. The Hall–Kier alpha value is -2.20. The van der Waals surface area contributed by atoms with Crippen molar-refractivity contribution >= 4 is 11.4 Å². The topological polar surface area (TPSA) is 67.5 Å². The molecule has 2 rings (SSSR count). The van der Waals surface area contributed by atoms with Gasteiger partial charge in [-0.3, -0.25) is 0 Å². The highest BCUT2D eigenvalue weighted by atomic mass is 16.6. The molecule has 0 amide bonds. The van der Waals surface area contributed by atoms with Crippen molar-refractivity contribution in [2.24, 2.45) is 0 Å². The first-order chi connectivity index (χ1) is 9.13. The molecule has 4 heteroatoms. The number of hydrogen-bond acceptors (Lipinski definition) is 4. The molecule has 0 aliphatic rings. The molecule has 100 valence electrons. The number of rotatable bonds is 5. The van der Waals surface area contributed by atoms with Crippen LogP contribution < -0.4 is 15.8 Å². The monoisotopic (exact) mass is 258 g/mol. The fourth-order valence-electron chi connectivity index (χ4n) is 1.73. The largest absolute Gasteiger partial charge is 0.465 e. The van der Waals surface area contributed by atoms with Gasteiger partial charge in [0.15, 0.2) is 6.29 Å². The molecule has 0 saturated heterocycles. The summed E-state index contributed by atoms with van der Waals surface area (Å²) in [6.45, 7) is 2.26. The van der Waals surface area contributed by atoms with Crippen molar-refractivity contribution in [3.05, 3.63) is 54.1 Å². The van der Waals surface area contributed by atoms with Crippen LogP contribution in [0.25, 0.3) is 0 Å². The van der Waals surface area contributed by atoms with Crippen LogP contribution in [-0.2, 0) is 6.54 Å². The van der Waals surface area contributed by atoms with Gasteiger partial charge in [-0.1, -0.05) is 12.1 Å². The van der Waals surface area contributed by atoms with Gasteiger partial charge in [-0.05, 0) is 48.9 Å². The fraction of sp³-hybridized carbons (Fsp3) is 0.200. The third-order valence-electron chi connectivity index (χ3n) is 2.61. The van der Waals surface area contributed by atoms with Crippen LogP contribution in [0.4, 0.5) is 11.4 Å². The summed E-state index contributed by atoms with van der Waals surface area (Å²) in [5.41, 5.74) is 8.47. The smallest absolute Gasteiger partial charge is 0.194 e. The minimum absolute atomic E-state index is 0.659. The molecule has 0 radical (unpaired) electrons. The Balaban J connectivity index is 1.97. The van der Waals surface area contributed by atoms with Gasteiger partial charge in [-0.15, -0.1) is 0 Å². The average Bonchev–Trinajstić information content (AvgIpc) is 2.38. The van der Waals surface area contributed by atoms with Gasteiger partial charge in [-0.25, -0.2) is 0 Å². The molecule has 2 aromatic carbocycles. The van der Waals surface area contributed by atoms with Crippen LogP contribution in [-0.4, -0.2) is 11.4 Å². The van der Waals surface area contributed by atoms with Gasteiger partial charge >= 0.3 is 0 Å². The molecule has 4 nitrogen and oxygen atoms in total. The van der Waals surface area contributed by atoms with Gasteiger partial charge < -0.3 is 20.9 Å². The Kier molecular flexibility index (Phi) is 4.26. The third kappa shape index (κ3) is 4.19. The van der Waals surface area contributed by atoms with Gasteiger partial charge in [0.2, 0.25) is 0 Å². The zero-order chi connectivity index (χ0) is 13.7. The van der Waals surface area contributed by atoms with Crippen LogP contribution in [0.2, 0.25) is 0 Å². The van der Waals surface area contributed by atoms with E-state index in [1.54, 1.807) is 6.92 Å². The summed E-state index contributed by atoms with van der Waals surface area (Å²) < 4.78 is 5.23. The molecule has 1 unspecified atom stereocenters. The minimum atomic E-state index is -0.805. The second kappa shape index (κ2) is 6.11. The summed E-state index contributed by atoms with van der Waals surface area (Å²) in [6, 6.07) is 15.2. The molecule has 1 atom stereocenters. The molecule has 0 bridgehead atoms. The number of anilines is 2. The summed E-state index contributed by atoms with van der Waals surface area (Å²) in [5.74, 6) is 0.659. The van der Waals surface area contributed by atoms with Crippen LogP contribution >= 0.6 is 0 Å². The van der Waals surface area contributed by atoms with Crippen molar-refractivity contribution in [3.8, 4) is 5.75 Å². The SMILES string of the molecule is CC(O)Oc1cccc(CNc2ccc(N)cc2)c1. The lowest BCUT2D eigenvalue weighted by molar-refractivity contribution is -0.000330. The highest BCUT2D eigenvalue weighted by Gasteiger charge is 2.00. The predicted molar refractivity (Wildman–Crippen MR) is 76.9 cm³/mol. The quantitative estimate of drug-likeness (QED) is 0.569. The van der Waals surface area contributed by atoms with Gasteiger partial charge in [0, 0.05) is 17.9 Å². The van der Waals surface area contributed by atoms with E-state index in [0.29, 0.717) is 12.3 Å². The van der Waals surface area contributed by atoms with Crippen molar-refractivity contribution in [1.29, 1.82) is 0 Å². The number of nitrogen functional groups attached to an aromatic ring is 1. The molecule has 4 N–H and O–H groups in total. The van der Waals surface area contributed by atoms with Crippen molar-refractivity contribution < 1.29 is 9.84 Å². The van der Waals surface area contributed by atoms with Crippen molar-refractivity contribution in [2.45, 2.75) is 19.8 Å². The van der Waals surface area contributed by atoms with Gasteiger partial charge in [0.1, 0.15) is 5.75 Å². The summed E-state index contributed by atoms with van der Waals surface area (Å²) in [5, 5.41) is 12.5. The number of ether oxygens (including phenoxy) is 1. The van der Waals surface area contributed by atoms with E-state index in [9.17, 15) is 5.11 Å². The van der Waals surface area contributed by atoms with Crippen molar-refractivity contribution in [1.82, 2.24) is 0 Å². The van der Waals surface area contributed by atoms with Crippen LogP contribution in [0.3, 0.4) is 0 Å². The van der Waals surface area contributed by atoms with E-state index in [1.807, 2.05) is 48.5 Å². The molecule has 2 aromatic rings. The Labute approximate surface area is 112 Å². The highest BCUT2D eigenvalue weighted by molar-refractivity contribution is 5.51. The first-order valence-corrected chi connectivity index (χ1v) is 6.16. The van der Waals surface area contributed by atoms with Crippen LogP contribution in [0.15, 0.2) is 48.5 Å². The fourth-order valence-corrected chi connectivity index (χ4v) is 1.73. The second-order valence-electron chi connectivity index (χ2n) is 4.34. The number of nitrogens with one attached hydrogen (secondary N) is 1. The number of nitrogens with two attached hydrogens (primary N) is 1. The molecule has 0 aliphatic heterocycles. The van der Waals surface area contributed by atoms with Crippen LogP contribution in [0.1, 0.15) is 12.5 Å². The Bertz CT molecular complexity index is 524. The van der Waals surface area contributed by atoms with E-state index in [0.717, 1.165) is 16.9 Å². The van der Waals surface area contributed by atoms with E-state index in [2.05, 4.69) is 5.32 Å². The maximum atomic E-state index is 9.18. The van der Waals surface area contributed by atoms with E-state index < -0.39 is 6.29 Å². The number of benzene rings is 2. The van der Waals surface area contributed by atoms with Crippen LogP contribution in [0.5, 0.6) is 5.75 Å². The Morgan fingerprint density at radius 1 is 1.21 bits per heavy atom. The number of hydrogen-bond donors (Lipinski definition) is 3. The highest BCUT2D eigenvalue weighted by Crippen LogP contribution is 2.16. The molecule has 0 aromatic heterocycles. The predicted octanol–water partition coefficient (Wildman–Crippen LogP) is 2.60. The van der Waals surface area contributed by atoms with E-state index in [4.69, 9.17) is 10.5 Å². The molecule has 0 saturated carbocycles. The Morgan fingerprint density at radius 2 is 1.95 bits per heavy atom. The molecule has 19 heavy (non-hydrogen) atoms. The molecule has 0 aliphatic carbocycles. The lowest BCUT2D eigenvalue weighted by Gasteiger charge is -2.11. The standard InChI is InChI=1S/C15H18N2O2/c1-11(18)19-15-4-2-3-12(9-15)10-17-14-7-5-13(16)6-8-14/h2-9,11,17-18H,10,16H2,1H3. The number of aliphatic hydroxyl groups excluding tert-OH is 1. The van der Waals surface area contributed by atoms with Gasteiger partial charge in [-0.2, -0.15) is 0 Å². The lowest BCUT2D eigenvalue weighted by atomic mass is 10.2. The van der Waals surface area contributed by atoms with Crippen LogP contribution in [0, 0.1) is 0 Å². The molecular formula is C15H18N2O2. The molecule has 0 heterocycles. The zero-order valence-electron chi connectivity index (χ0n) is 10.8. The normalized spacial score (nSPS) is 11.9. The third-order valence-corrected chi connectivity index (χ3v) is 2.61. The summed E-state index contributed by atoms with van der Waals surface area (Å²) in [4.78, 5) is 0. The van der Waals surface area contributed by atoms with Gasteiger partial charge in [0.25, 0.3) is 0 Å². The summed E-state index contributed by atoms with van der Waals surface area (Å²) in [6.07, 6.45) is -0.805. The first-order valence-electron chi connectivity index (χ1n) is 6.16. The second-order valence-corrected chi connectivity index (χ2v) is 4.34. The number of aliphatic hydroxyl groups is 1. The maximum absolute atomic E-state index is 9.18.